The smallest absolute Gasteiger partial charge is 0.208 e. The van der Waals surface area contributed by atoms with Gasteiger partial charge in [-0.3, -0.25) is 0 Å². The Morgan fingerprint density at radius 1 is 1.46 bits per heavy atom. The Labute approximate surface area is 77.3 Å². The molecule has 0 bridgehead atoms. The zero-order chi connectivity index (χ0) is 8.84. The number of aromatic nitrogens is 1. The van der Waals surface area contributed by atoms with Gasteiger partial charge in [0.25, 0.3) is 0 Å². The lowest BCUT2D eigenvalue weighted by atomic mass is 10.1. The van der Waals surface area contributed by atoms with E-state index in [0.717, 1.165) is 17.6 Å². The van der Waals surface area contributed by atoms with E-state index in [4.69, 9.17) is 10.2 Å². The predicted octanol–water partition coefficient (Wildman–Crippen LogP) is 1.65. The molecule has 3 heteroatoms. The molecule has 1 aromatic heterocycles. The van der Waals surface area contributed by atoms with Gasteiger partial charge in [0.2, 0.25) is 5.89 Å². The molecule has 2 saturated carbocycles. The molecule has 0 radical (unpaired) electrons. The van der Waals surface area contributed by atoms with Crippen LogP contribution in [-0.4, -0.2) is 4.98 Å². The van der Waals surface area contributed by atoms with E-state index in [2.05, 4.69) is 4.98 Å². The molecule has 0 aromatic carbocycles. The summed E-state index contributed by atoms with van der Waals surface area (Å²) in [6.45, 7) is 0.419. The van der Waals surface area contributed by atoms with Crippen LogP contribution in [0.2, 0.25) is 0 Å². The maximum atomic E-state index is 5.56. The first-order chi connectivity index (χ1) is 6.40. The fourth-order valence-corrected chi connectivity index (χ4v) is 2.82. The Bertz CT molecular complexity index is 310. The van der Waals surface area contributed by atoms with E-state index < -0.39 is 0 Å². The van der Waals surface area contributed by atoms with Crippen LogP contribution in [0.5, 0.6) is 0 Å². The van der Waals surface area contributed by atoms with Crippen molar-refractivity contribution in [3.05, 3.63) is 17.8 Å². The van der Waals surface area contributed by atoms with Crippen LogP contribution in [0.4, 0.5) is 0 Å². The van der Waals surface area contributed by atoms with E-state index in [0.29, 0.717) is 18.4 Å². The fourth-order valence-electron chi connectivity index (χ4n) is 2.82. The van der Waals surface area contributed by atoms with Crippen molar-refractivity contribution < 1.29 is 4.42 Å². The molecule has 2 aliphatic carbocycles. The molecule has 1 aromatic rings. The lowest BCUT2D eigenvalue weighted by Gasteiger charge is -1.97. The number of rotatable bonds is 2. The lowest BCUT2D eigenvalue weighted by Crippen LogP contribution is -1.95. The largest absolute Gasteiger partial charge is 0.444 e. The zero-order valence-electron chi connectivity index (χ0n) is 7.57. The second-order valence-electron chi connectivity index (χ2n) is 4.14. The minimum atomic E-state index is 0.419. The van der Waals surface area contributed by atoms with Crippen molar-refractivity contribution in [3.8, 4) is 0 Å². The SMILES string of the molecule is NCc1ncc(C2C3CCCC32)o1. The molecule has 0 saturated heterocycles. The van der Waals surface area contributed by atoms with Crippen LogP contribution < -0.4 is 5.73 Å². The van der Waals surface area contributed by atoms with Crippen molar-refractivity contribution in [2.24, 2.45) is 17.6 Å². The highest BCUT2D eigenvalue weighted by Gasteiger charge is 2.54. The molecule has 13 heavy (non-hydrogen) atoms. The Morgan fingerprint density at radius 2 is 2.23 bits per heavy atom. The average molecular weight is 178 g/mol. The lowest BCUT2D eigenvalue weighted by molar-refractivity contribution is 0.441. The van der Waals surface area contributed by atoms with E-state index >= 15 is 0 Å². The third kappa shape index (κ3) is 1.03. The van der Waals surface area contributed by atoms with Crippen molar-refractivity contribution in [2.45, 2.75) is 31.7 Å². The fraction of sp³-hybridized carbons (Fsp3) is 0.700. The van der Waals surface area contributed by atoms with E-state index in [1.807, 2.05) is 6.20 Å². The van der Waals surface area contributed by atoms with Gasteiger partial charge in [-0.1, -0.05) is 6.42 Å². The summed E-state index contributed by atoms with van der Waals surface area (Å²) in [7, 11) is 0. The Kier molecular flexibility index (Phi) is 1.50. The monoisotopic (exact) mass is 178 g/mol. The van der Waals surface area contributed by atoms with Gasteiger partial charge in [0, 0.05) is 5.92 Å². The van der Waals surface area contributed by atoms with E-state index in [1.54, 1.807) is 0 Å². The Morgan fingerprint density at radius 3 is 2.85 bits per heavy atom. The molecule has 2 unspecified atom stereocenters. The van der Waals surface area contributed by atoms with Crippen LogP contribution in [-0.2, 0) is 6.54 Å². The van der Waals surface area contributed by atoms with Crippen LogP contribution in [0.1, 0.15) is 36.8 Å². The standard InChI is InChI=1S/C10H14N2O/c11-4-9-12-5-8(13-9)10-6-2-1-3-7(6)10/h5-7,10H,1-4,11H2. The molecule has 1 heterocycles. The van der Waals surface area contributed by atoms with Crippen LogP contribution >= 0.6 is 0 Å². The first-order valence-electron chi connectivity index (χ1n) is 5.05. The molecule has 2 N–H and O–H groups in total. The predicted molar refractivity (Wildman–Crippen MR) is 48.0 cm³/mol. The first-order valence-corrected chi connectivity index (χ1v) is 5.05. The molecular weight excluding hydrogens is 164 g/mol. The molecule has 2 atom stereocenters. The van der Waals surface area contributed by atoms with Gasteiger partial charge in [-0.2, -0.15) is 0 Å². The maximum absolute atomic E-state index is 5.56. The highest BCUT2D eigenvalue weighted by Crippen LogP contribution is 2.63. The second kappa shape index (κ2) is 2.58. The number of fused-ring (bicyclic) bond motifs is 1. The van der Waals surface area contributed by atoms with Gasteiger partial charge in [-0.05, 0) is 24.7 Å². The van der Waals surface area contributed by atoms with Crippen molar-refractivity contribution in [3.63, 3.8) is 0 Å². The van der Waals surface area contributed by atoms with E-state index in [1.165, 1.54) is 19.3 Å². The Hall–Kier alpha value is -0.830. The number of hydrogen-bond acceptors (Lipinski definition) is 3. The van der Waals surface area contributed by atoms with Gasteiger partial charge in [0.05, 0.1) is 12.7 Å². The summed E-state index contributed by atoms with van der Waals surface area (Å²) in [6, 6.07) is 0. The summed E-state index contributed by atoms with van der Waals surface area (Å²) in [5.41, 5.74) is 5.44. The van der Waals surface area contributed by atoms with Gasteiger partial charge >= 0.3 is 0 Å². The normalized spacial score (nSPS) is 36.2. The summed E-state index contributed by atoms with van der Waals surface area (Å²) < 4.78 is 5.56. The average Bonchev–Trinajstić information content (AvgIpc) is 2.65. The summed E-state index contributed by atoms with van der Waals surface area (Å²) in [5.74, 6) is 4.24. The van der Waals surface area contributed by atoms with Crippen molar-refractivity contribution >= 4 is 0 Å². The molecule has 0 amide bonds. The van der Waals surface area contributed by atoms with Crippen molar-refractivity contribution in [1.82, 2.24) is 4.98 Å². The number of hydrogen-bond donors (Lipinski definition) is 1. The number of oxazole rings is 1. The van der Waals surface area contributed by atoms with Gasteiger partial charge in [-0.25, -0.2) is 4.98 Å². The van der Waals surface area contributed by atoms with Crippen molar-refractivity contribution in [1.29, 1.82) is 0 Å². The summed E-state index contributed by atoms with van der Waals surface area (Å²) in [4.78, 5) is 4.13. The van der Waals surface area contributed by atoms with Crippen LogP contribution in [0.3, 0.4) is 0 Å². The molecule has 3 nitrogen and oxygen atoms in total. The Balaban J connectivity index is 1.79. The van der Waals surface area contributed by atoms with Crippen LogP contribution in [0.25, 0.3) is 0 Å². The van der Waals surface area contributed by atoms with Gasteiger partial charge in [-0.15, -0.1) is 0 Å². The molecule has 0 aliphatic heterocycles. The number of nitrogens with two attached hydrogens (primary N) is 1. The highest BCUT2D eigenvalue weighted by atomic mass is 16.4. The molecule has 3 rings (SSSR count). The van der Waals surface area contributed by atoms with Crippen LogP contribution in [0, 0.1) is 11.8 Å². The summed E-state index contributed by atoms with van der Waals surface area (Å²) in [5, 5.41) is 0. The second-order valence-corrected chi connectivity index (χ2v) is 4.14. The first kappa shape index (κ1) is 7.56. The van der Waals surface area contributed by atoms with Gasteiger partial charge < -0.3 is 10.2 Å². The third-order valence-corrected chi connectivity index (χ3v) is 3.48. The van der Waals surface area contributed by atoms with Crippen molar-refractivity contribution in [2.75, 3.05) is 0 Å². The number of nitrogens with zero attached hydrogens (tertiary/aromatic N) is 1. The third-order valence-electron chi connectivity index (χ3n) is 3.48. The van der Waals surface area contributed by atoms with E-state index in [9.17, 15) is 0 Å². The molecule has 2 fully saturated rings. The summed E-state index contributed by atoms with van der Waals surface area (Å²) >= 11 is 0. The molecule has 2 aliphatic rings. The van der Waals surface area contributed by atoms with E-state index in [-0.39, 0.29) is 0 Å². The topological polar surface area (TPSA) is 52.0 Å². The minimum absolute atomic E-state index is 0.419. The highest BCUT2D eigenvalue weighted by molar-refractivity contribution is 5.19. The molecule has 70 valence electrons. The van der Waals surface area contributed by atoms with Gasteiger partial charge in [0.15, 0.2) is 0 Å². The molecular formula is C10H14N2O. The summed E-state index contributed by atoms with van der Waals surface area (Å²) in [6.07, 6.45) is 6.04. The quantitative estimate of drug-likeness (QED) is 0.749. The minimum Gasteiger partial charge on any atom is -0.444 e. The maximum Gasteiger partial charge on any atom is 0.208 e. The van der Waals surface area contributed by atoms with Crippen LogP contribution in [0.15, 0.2) is 10.6 Å². The molecule has 0 spiro atoms. The van der Waals surface area contributed by atoms with Gasteiger partial charge in [0.1, 0.15) is 5.76 Å². The zero-order valence-corrected chi connectivity index (χ0v) is 7.57.